The van der Waals surface area contributed by atoms with E-state index in [-0.39, 0.29) is 5.75 Å². The highest BCUT2D eigenvalue weighted by Gasteiger charge is 2.09. The van der Waals surface area contributed by atoms with Gasteiger partial charge in [-0.25, -0.2) is 13.4 Å². The van der Waals surface area contributed by atoms with E-state index in [2.05, 4.69) is 15.0 Å². The standard InChI is InChI=1S/C18H25N3O3S/c1-3-4-13-25(22,23)21-16-9-10-18(20-14-16)19-12-11-15-7-5-6-8-17(15)24-2/h5-10,14,21H,3-4,11-13H2,1-2H3,(H,19,20). The van der Waals surface area contributed by atoms with Crippen LogP contribution in [0, 0.1) is 0 Å². The minimum Gasteiger partial charge on any atom is -0.496 e. The molecule has 0 unspecified atom stereocenters. The second-order valence-electron chi connectivity index (χ2n) is 5.70. The fraction of sp³-hybridized carbons (Fsp3) is 0.389. The van der Waals surface area contributed by atoms with Crippen LogP contribution >= 0.6 is 0 Å². The predicted octanol–water partition coefficient (Wildman–Crippen LogP) is 3.29. The van der Waals surface area contributed by atoms with Crippen LogP contribution in [0.1, 0.15) is 25.3 Å². The maximum absolute atomic E-state index is 11.9. The Morgan fingerprint density at radius 2 is 1.96 bits per heavy atom. The molecule has 6 nitrogen and oxygen atoms in total. The molecule has 0 aliphatic rings. The number of nitrogens with zero attached hydrogens (tertiary/aromatic N) is 1. The number of pyridine rings is 1. The molecule has 0 atom stereocenters. The SMILES string of the molecule is CCCCS(=O)(=O)Nc1ccc(NCCc2ccccc2OC)nc1. The molecule has 2 rings (SSSR count). The highest BCUT2D eigenvalue weighted by Crippen LogP contribution is 2.18. The summed E-state index contributed by atoms with van der Waals surface area (Å²) in [6.07, 6.45) is 3.81. The van der Waals surface area contributed by atoms with Crippen LogP contribution in [0.3, 0.4) is 0 Å². The number of nitrogens with one attached hydrogen (secondary N) is 2. The molecule has 0 spiro atoms. The van der Waals surface area contributed by atoms with Crippen molar-refractivity contribution in [2.45, 2.75) is 26.2 Å². The van der Waals surface area contributed by atoms with Gasteiger partial charge in [0, 0.05) is 6.54 Å². The van der Waals surface area contributed by atoms with E-state index in [1.54, 1.807) is 19.2 Å². The van der Waals surface area contributed by atoms with Gasteiger partial charge in [-0.3, -0.25) is 4.72 Å². The first-order valence-corrected chi connectivity index (χ1v) is 10.0. The molecule has 2 N–H and O–H groups in total. The van der Waals surface area contributed by atoms with Gasteiger partial charge in [-0.1, -0.05) is 31.5 Å². The summed E-state index contributed by atoms with van der Waals surface area (Å²) in [6, 6.07) is 11.4. The third kappa shape index (κ3) is 6.26. The van der Waals surface area contributed by atoms with E-state index in [0.29, 0.717) is 24.5 Å². The van der Waals surface area contributed by atoms with Gasteiger partial charge >= 0.3 is 0 Å². The molecule has 7 heteroatoms. The van der Waals surface area contributed by atoms with Gasteiger partial charge < -0.3 is 10.1 Å². The summed E-state index contributed by atoms with van der Waals surface area (Å²) < 4.78 is 31.6. The minimum atomic E-state index is -3.29. The van der Waals surface area contributed by atoms with Crippen LogP contribution in [0.4, 0.5) is 11.5 Å². The highest BCUT2D eigenvalue weighted by molar-refractivity contribution is 7.92. The fourth-order valence-electron chi connectivity index (χ4n) is 2.36. The van der Waals surface area contributed by atoms with Crippen molar-refractivity contribution in [2.24, 2.45) is 0 Å². The fourth-order valence-corrected chi connectivity index (χ4v) is 3.61. The molecular formula is C18H25N3O3S. The number of hydrogen-bond acceptors (Lipinski definition) is 5. The van der Waals surface area contributed by atoms with E-state index in [9.17, 15) is 8.42 Å². The van der Waals surface area contributed by atoms with Crippen molar-refractivity contribution in [1.29, 1.82) is 0 Å². The van der Waals surface area contributed by atoms with Crippen molar-refractivity contribution in [1.82, 2.24) is 4.98 Å². The van der Waals surface area contributed by atoms with E-state index in [4.69, 9.17) is 4.74 Å². The first-order chi connectivity index (χ1) is 12.0. The summed E-state index contributed by atoms with van der Waals surface area (Å²) >= 11 is 0. The molecule has 0 aliphatic heterocycles. The molecule has 1 heterocycles. The van der Waals surface area contributed by atoms with Crippen molar-refractivity contribution < 1.29 is 13.2 Å². The zero-order valence-corrected chi connectivity index (χ0v) is 15.5. The van der Waals surface area contributed by atoms with Gasteiger partial charge in [0.2, 0.25) is 10.0 Å². The van der Waals surface area contributed by atoms with Crippen molar-refractivity contribution in [2.75, 3.05) is 29.4 Å². The van der Waals surface area contributed by atoms with Crippen molar-refractivity contribution in [3.8, 4) is 5.75 Å². The number of methoxy groups -OCH3 is 1. The molecule has 0 bridgehead atoms. The number of rotatable bonds is 10. The Labute approximate surface area is 149 Å². The lowest BCUT2D eigenvalue weighted by atomic mass is 10.1. The molecule has 1 aromatic carbocycles. The molecule has 1 aromatic heterocycles. The smallest absolute Gasteiger partial charge is 0.232 e. The van der Waals surface area contributed by atoms with Crippen molar-refractivity contribution in [3.63, 3.8) is 0 Å². The Morgan fingerprint density at radius 3 is 2.64 bits per heavy atom. The second-order valence-corrected chi connectivity index (χ2v) is 7.54. The Kier molecular flexibility index (Phi) is 7.06. The van der Waals surface area contributed by atoms with Crippen molar-refractivity contribution in [3.05, 3.63) is 48.2 Å². The normalized spacial score (nSPS) is 11.1. The Morgan fingerprint density at radius 1 is 1.16 bits per heavy atom. The molecule has 0 saturated heterocycles. The van der Waals surface area contributed by atoms with Crippen LogP contribution in [0.15, 0.2) is 42.6 Å². The zero-order chi connectivity index (χ0) is 18.1. The van der Waals surface area contributed by atoms with Gasteiger partial charge in [0.25, 0.3) is 0 Å². The van der Waals surface area contributed by atoms with E-state index in [1.807, 2.05) is 31.2 Å². The van der Waals surface area contributed by atoms with Gasteiger partial charge in [0.05, 0.1) is 24.7 Å². The lowest BCUT2D eigenvalue weighted by Crippen LogP contribution is -2.16. The maximum Gasteiger partial charge on any atom is 0.232 e. The molecule has 0 saturated carbocycles. The Hall–Kier alpha value is -2.28. The summed E-state index contributed by atoms with van der Waals surface area (Å²) in [4.78, 5) is 4.25. The first kappa shape index (κ1) is 19.1. The van der Waals surface area contributed by atoms with E-state index in [0.717, 1.165) is 24.2 Å². The number of unbranched alkanes of at least 4 members (excludes halogenated alkanes) is 1. The summed E-state index contributed by atoms with van der Waals surface area (Å²) in [5.41, 5.74) is 1.60. The van der Waals surface area contributed by atoms with Gasteiger partial charge in [-0.05, 0) is 36.6 Å². The molecular weight excluding hydrogens is 338 g/mol. The summed E-state index contributed by atoms with van der Waals surface area (Å²) in [5, 5.41) is 3.22. The molecule has 0 fully saturated rings. The number of ether oxygens (including phenoxy) is 1. The molecule has 136 valence electrons. The molecule has 0 radical (unpaired) electrons. The van der Waals surface area contributed by atoms with Crippen LogP contribution < -0.4 is 14.8 Å². The molecule has 25 heavy (non-hydrogen) atoms. The third-order valence-corrected chi connectivity index (χ3v) is 5.07. The van der Waals surface area contributed by atoms with Gasteiger partial charge in [0.1, 0.15) is 11.6 Å². The predicted molar refractivity (Wildman–Crippen MR) is 102 cm³/mol. The van der Waals surface area contributed by atoms with Crippen LogP contribution in [0.2, 0.25) is 0 Å². The molecule has 2 aromatic rings. The lowest BCUT2D eigenvalue weighted by molar-refractivity contribution is 0.410. The Bertz CT molecular complexity index is 761. The van der Waals surface area contributed by atoms with Crippen LogP contribution in [-0.2, 0) is 16.4 Å². The summed E-state index contributed by atoms with van der Waals surface area (Å²) in [6.45, 7) is 2.66. The second kappa shape index (κ2) is 9.27. The van der Waals surface area contributed by atoms with Gasteiger partial charge in [-0.15, -0.1) is 0 Å². The van der Waals surface area contributed by atoms with Gasteiger partial charge in [0.15, 0.2) is 0 Å². The number of benzene rings is 1. The topological polar surface area (TPSA) is 80.3 Å². The van der Waals surface area contributed by atoms with Crippen LogP contribution in [-0.4, -0.2) is 32.8 Å². The monoisotopic (exact) mass is 363 g/mol. The van der Waals surface area contributed by atoms with Crippen molar-refractivity contribution >= 4 is 21.5 Å². The quantitative estimate of drug-likeness (QED) is 0.677. The number of hydrogen-bond donors (Lipinski definition) is 2. The van der Waals surface area contributed by atoms with E-state index >= 15 is 0 Å². The Balaban J connectivity index is 1.86. The third-order valence-electron chi connectivity index (χ3n) is 3.70. The van der Waals surface area contributed by atoms with Gasteiger partial charge in [-0.2, -0.15) is 0 Å². The first-order valence-electron chi connectivity index (χ1n) is 8.36. The average Bonchev–Trinajstić information content (AvgIpc) is 2.61. The summed E-state index contributed by atoms with van der Waals surface area (Å²) in [5.74, 6) is 1.70. The van der Waals surface area contributed by atoms with Crippen LogP contribution in [0.5, 0.6) is 5.75 Å². The van der Waals surface area contributed by atoms with E-state index in [1.165, 1.54) is 6.20 Å². The molecule has 0 amide bonds. The number of sulfonamides is 1. The maximum atomic E-state index is 11.9. The average molecular weight is 363 g/mol. The zero-order valence-electron chi connectivity index (χ0n) is 14.7. The number of anilines is 2. The largest absolute Gasteiger partial charge is 0.496 e. The number of para-hydroxylation sites is 1. The lowest BCUT2D eigenvalue weighted by Gasteiger charge is -2.10. The molecule has 0 aliphatic carbocycles. The number of aromatic nitrogens is 1. The minimum absolute atomic E-state index is 0.127. The van der Waals surface area contributed by atoms with Crippen LogP contribution in [0.25, 0.3) is 0 Å². The highest BCUT2D eigenvalue weighted by atomic mass is 32.2. The van der Waals surface area contributed by atoms with E-state index < -0.39 is 10.0 Å². The summed E-state index contributed by atoms with van der Waals surface area (Å²) in [7, 11) is -1.63.